The minimum atomic E-state index is -1.29. The third-order valence-electron chi connectivity index (χ3n) is 6.20. The standard InChI is InChI=1S/C23H25FN4O5/c1-12-6-7-14(9-15(12)24)26-20(30)17-13(2)18(28-8-4-5-16(17)28)19(29)21(31)27-23(10-33-11-23)22(32)25-3/h6-7,9H,4-5,8,10-11H2,1-3H3,(H,25,32)(H,26,30)(H,27,31). The fraction of sp³-hybridized carbons (Fsp3) is 0.391. The molecule has 3 heterocycles. The van der Waals surface area contributed by atoms with Gasteiger partial charge in [0.25, 0.3) is 17.6 Å². The lowest BCUT2D eigenvalue weighted by Crippen LogP contribution is -2.70. The molecule has 0 unspecified atom stereocenters. The molecule has 0 radical (unpaired) electrons. The zero-order valence-electron chi connectivity index (χ0n) is 18.6. The van der Waals surface area contributed by atoms with Crippen molar-refractivity contribution in [3.8, 4) is 0 Å². The largest absolute Gasteiger partial charge is 0.375 e. The molecule has 10 heteroatoms. The third kappa shape index (κ3) is 3.80. The Morgan fingerprint density at radius 1 is 1.15 bits per heavy atom. The van der Waals surface area contributed by atoms with Crippen molar-refractivity contribution in [2.24, 2.45) is 0 Å². The van der Waals surface area contributed by atoms with Gasteiger partial charge in [-0.1, -0.05) is 6.07 Å². The number of carbonyl (C=O) groups excluding carboxylic acids is 4. The topological polar surface area (TPSA) is 119 Å². The molecule has 1 aromatic carbocycles. The number of Topliss-reactive ketones (excluding diaryl/α,β-unsaturated/α-hetero) is 1. The summed E-state index contributed by atoms with van der Waals surface area (Å²) in [6.45, 7) is 3.66. The number of aromatic nitrogens is 1. The predicted octanol–water partition coefficient (Wildman–Crippen LogP) is 1.26. The lowest BCUT2D eigenvalue weighted by Gasteiger charge is -2.39. The molecule has 0 atom stereocenters. The molecule has 0 spiro atoms. The van der Waals surface area contributed by atoms with Gasteiger partial charge >= 0.3 is 0 Å². The van der Waals surface area contributed by atoms with E-state index in [9.17, 15) is 23.6 Å². The normalized spacial score (nSPS) is 15.9. The van der Waals surface area contributed by atoms with Gasteiger partial charge in [-0.2, -0.15) is 0 Å². The Labute approximate surface area is 189 Å². The Morgan fingerprint density at radius 2 is 1.88 bits per heavy atom. The van der Waals surface area contributed by atoms with Crippen LogP contribution in [0.15, 0.2) is 18.2 Å². The van der Waals surface area contributed by atoms with Gasteiger partial charge in [0, 0.05) is 25.0 Å². The van der Waals surface area contributed by atoms with Crippen LogP contribution in [0.5, 0.6) is 0 Å². The monoisotopic (exact) mass is 456 g/mol. The number of rotatable bonds is 6. The summed E-state index contributed by atoms with van der Waals surface area (Å²) in [5, 5.41) is 7.65. The highest BCUT2D eigenvalue weighted by atomic mass is 19.1. The molecule has 3 amide bonds. The quantitative estimate of drug-likeness (QED) is 0.447. The highest BCUT2D eigenvalue weighted by Crippen LogP contribution is 2.30. The van der Waals surface area contributed by atoms with E-state index < -0.39 is 34.9 Å². The molecule has 2 aliphatic rings. The van der Waals surface area contributed by atoms with Crippen LogP contribution in [0, 0.1) is 19.7 Å². The van der Waals surface area contributed by atoms with Gasteiger partial charge in [-0.15, -0.1) is 0 Å². The molecule has 9 nitrogen and oxygen atoms in total. The van der Waals surface area contributed by atoms with Crippen LogP contribution in [0.4, 0.5) is 10.1 Å². The first-order chi connectivity index (χ1) is 15.7. The third-order valence-corrected chi connectivity index (χ3v) is 6.20. The van der Waals surface area contributed by atoms with E-state index >= 15 is 0 Å². The van der Waals surface area contributed by atoms with Crippen molar-refractivity contribution in [3.05, 3.63) is 52.1 Å². The molecular weight excluding hydrogens is 431 g/mol. The average Bonchev–Trinajstić information content (AvgIpc) is 3.31. The number of amides is 3. The molecule has 2 aromatic rings. The average molecular weight is 456 g/mol. The first-order valence-electron chi connectivity index (χ1n) is 10.6. The van der Waals surface area contributed by atoms with Gasteiger partial charge in [-0.25, -0.2) is 4.39 Å². The van der Waals surface area contributed by atoms with Crippen LogP contribution in [0.1, 0.15) is 44.1 Å². The van der Waals surface area contributed by atoms with E-state index in [0.29, 0.717) is 47.5 Å². The van der Waals surface area contributed by atoms with Gasteiger partial charge in [0.15, 0.2) is 5.54 Å². The lowest BCUT2D eigenvalue weighted by atomic mass is 9.95. The van der Waals surface area contributed by atoms with Crippen molar-refractivity contribution in [2.45, 2.75) is 38.8 Å². The fourth-order valence-corrected chi connectivity index (χ4v) is 4.36. The number of ketones is 1. The second-order valence-corrected chi connectivity index (χ2v) is 8.41. The van der Waals surface area contributed by atoms with Crippen molar-refractivity contribution < 1.29 is 28.3 Å². The number of benzene rings is 1. The molecule has 3 N–H and O–H groups in total. The fourth-order valence-electron chi connectivity index (χ4n) is 4.36. The Kier molecular flexibility index (Phi) is 5.79. The number of hydrogen-bond donors (Lipinski definition) is 3. The lowest BCUT2D eigenvalue weighted by molar-refractivity contribution is -0.152. The molecule has 2 aliphatic heterocycles. The number of halogens is 1. The zero-order valence-corrected chi connectivity index (χ0v) is 18.6. The van der Waals surface area contributed by atoms with E-state index in [0.717, 1.165) is 0 Å². The first-order valence-corrected chi connectivity index (χ1v) is 10.6. The van der Waals surface area contributed by atoms with Gasteiger partial charge in [0.2, 0.25) is 5.91 Å². The van der Waals surface area contributed by atoms with Crippen molar-refractivity contribution in [1.82, 2.24) is 15.2 Å². The van der Waals surface area contributed by atoms with Gasteiger partial charge in [-0.3, -0.25) is 19.2 Å². The summed E-state index contributed by atoms with van der Waals surface area (Å²) in [5.74, 6) is -3.13. The van der Waals surface area contributed by atoms with Crippen molar-refractivity contribution >= 4 is 29.2 Å². The minimum Gasteiger partial charge on any atom is -0.375 e. The van der Waals surface area contributed by atoms with Crippen LogP contribution < -0.4 is 16.0 Å². The summed E-state index contributed by atoms with van der Waals surface area (Å²) in [5.41, 5.74) is 0.911. The SMILES string of the molecule is CNC(=O)C1(NC(=O)C(=O)c2c(C)c(C(=O)Nc3ccc(C)c(F)c3)c3n2CCC3)COC1. The van der Waals surface area contributed by atoms with E-state index in [1.807, 2.05) is 0 Å². The molecular formula is C23H25FN4O5. The maximum absolute atomic E-state index is 13.9. The van der Waals surface area contributed by atoms with Gasteiger partial charge in [0.1, 0.15) is 5.82 Å². The van der Waals surface area contributed by atoms with Crippen LogP contribution >= 0.6 is 0 Å². The minimum absolute atomic E-state index is 0.0301. The Bertz CT molecular complexity index is 1180. The Balaban J connectivity index is 1.62. The molecule has 1 fully saturated rings. The van der Waals surface area contributed by atoms with Crippen LogP contribution in [0.3, 0.4) is 0 Å². The van der Waals surface area contributed by atoms with Crippen molar-refractivity contribution in [2.75, 3.05) is 25.6 Å². The Hall–Kier alpha value is -3.53. The van der Waals surface area contributed by atoms with Crippen molar-refractivity contribution in [3.63, 3.8) is 0 Å². The predicted molar refractivity (Wildman–Crippen MR) is 117 cm³/mol. The maximum Gasteiger partial charge on any atom is 0.294 e. The highest BCUT2D eigenvalue weighted by molar-refractivity contribution is 6.43. The van der Waals surface area contributed by atoms with Crippen molar-refractivity contribution in [1.29, 1.82) is 0 Å². The van der Waals surface area contributed by atoms with E-state index in [1.165, 1.54) is 13.1 Å². The van der Waals surface area contributed by atoms with E-state index in [4.69, 9.17) is 4.74 Å². The first kappa shape index (κ1) is 22.7. The summed E-state index contributed by atoms with van der Waals surface area (Å²) in [4.78, 5) is 51.2. The van der Waals surface area contributed by atoms with Crippen LogP contribution in [0.25, 0.3) is 0 Å². The molecule has 4 rings (SSSR count). The molecule has 1 aromatic heterocycles. The van der Waals surface area contributed by atoms with E-state index in [2.05, 4.69) is 16.0 Å². The van der Waals surface area contributed by atoms with Gasteiger partial charge in [-0.05, 0) is 49.9 Å². The molecule has 0 bridgehead atoms. The van der Waals surface area contributed by atoms with Crippen LogP contribution in [-0.4, -0.2) is 53.9 Å². The number of aryl methyl sites for hydroxylation is 1. The number of hydrogen-bond acceptors (Lipinski definition) is 5. The molecule has 1 saturated heterocycles. The molecule has 33 heavy (non-hydrogen) atoms. The highest BCUT2D eigenvalue weighted by Gasteiger charge is 2.48. The number of nitrogens with zero attached hydrogens (tertiary/aromatic N) is 1. The number of carbonyl (C=O) groups is 4. The molecule has 0 saturated carbocycles. The number of nitrogens with one attached hydrogen (secondary N) is 3. The van der Waals surface area contributed by atoms with E-state index in [1.54, 1.807) is 30.5 Å². The number of likely N-dealkylation sites (N-methyl/N-ethyl adjacent to an activating group) is 1. The van der Waals surface area contributed by atoms with Gasteiger partial charge in [0.05, 0.1) is 24.5 Å². The summed E-state index contributed by atoms with van der Waals surface area (Å²) in [7, 11) is 1.44. The van der Waals surface area contributed by atoms with Crippen LogP contribution in [-0.2, 0) is 27.3 Å². The summed E-state index contributed by atoms with van der Waals surface area (Å²) < 4.78 is 20.7. The second kappa shape index (κ2) is 8.43. The second-order valence-electron chi connectivity index (χ2n) is 8.41. The number of ether oxygens (including phenoxy) is 1. The molecule has 174 valence electrons. The number of anilines is 1. The molecule has 0 aliphatic carbocycles. The summed E-state index contributed by atoms with van der Waals surface area (Å²) in [6.07, 6.45) is 1.28. The van der Waals surface area contributed by atoms with E-state index in [-0.39, 0.29) is 18.9 Å². The maximum atomic E-state index is 13.9. The summed E-state index contributed by atoms with van der Waals surface area (Å²) >= 11 is 0. The zero-order chi connectivity index (χ0) is 23.9. The smallest absolute Gasteiger partial charge is 0.294 e. The Morgan fingerprint density at radius 3 is 2.48 bits per heavy atom. The number of fused-ring (bicyclic) bond motifs is 1. The van der Waals surface area contributed by atoms with Crippen LogP contribution in [0.2, 0.25) is 0 Å². The van der Waals surface area contributed by atoms with Gasteiger partial charge < -0.3 is 25.3 Å². The summed E-state index contributed by atoms with van der Waals surface area (Å²) in [6, 6.07) is 4.39.